The van der Waals surface area contributed by atoms with E-state index in [9.17, 15) is 14.4 Å². The average molecular weight is 531 g/mol. The molecule has 5 rings (SSSR count). The fraction of sp³-hybridized carbons (Fsp3) is 0.417. The normalized spacial score (nSPS) is 20.3. The van der Waals surface area contributed by atoms with Crippen molar-refractivity contribution in [2.75, 3.05) is 40.3 Å². The van der Waals surface area contributed by atoms with Crippen molar-refractivity contribution < 1.29 is 19.1 Å². The Balaban J connectivity index is 1.31. The molecule has 1 fully saturated rings. The van der Waals surface area contributed by atoms with Crippen LogP contribution in [0.5, 0.6) is 0 Å². The van der Waals surface area contributed by atoms with Gasteiger partial charge in [0, 0.05) is 53.4 Å². The number of fused-ring (bicyclic) bond motifs is 2. The number of likely N-dealkylation sites (N-methyl/N-ethyl adjacent to an activating group) is 1. The topological polar surface area (TPSA) is 120 Å². The monoisotopic (exact) mass is 530 g/mol. The number of thiazole rings is 1. The first-order valence-electron chi connectivity index (χ1n) is 11.7. The summed E-state index contributed by atoms with van der Waals surface area (Å²) >= 11 is 7.47. The van der Waals surface area contributed by atoms with Crippen LogP contribution < -0.4 is 10.6 Å². The molecule has 0 spiro atoms. The van der Waals surface area contributed by atoms with Crippen LogP contribution in [-0.4, -0.2) is 90.0 Å². The molecule has 2 amide bonds. The van der Waals surface area contributed by atoms with E-state index in [0.717, 1.165) is 41.0 Å². The zero-order chi connectivity index (χ0) is 25.4. The SMILES string of the molecule is COC(=O)CN1C[C@@H](NC(=O)c2cc3cc(Cl)ccc3[nH]2)[C@H](NC(=O)c2nc3c(s2)CN(C)CC3)C1. The van der Waals surface area contributed by atoms with Crippen molar-refractivity contribution in [2.45, 2.75) is 25.0 Å². The molecule has 3 N–H and O–H groups in total. The first-order valence-corrected chi connectivity index (χ1v) is 12.8. The number of hydrogen-bond donors (Lipinski definition) is 3. The minimum Gasteiger partial charge on any atom is -0.468 e. The predicted molar refractivity (Wildman–Crippen MR) is 136 cm³/mol. The van der Waals surface area contributed by atoms with Gasteiger partial charge < -0.3 is 25.3 Å². The highest BCUT2D eigenvalue weighted by atomic mass is 35.5. The maximum absolute atomic E-state index is 13.1. The second-order valence-electron chi connectivity index (χ2n) is 9.22. The molecule has 0 radical (unpaired) electrons. The molecule has 0 bridgehead atoms. The average Bonchev–Trinajstić information content (AvgIpc) is 3.55. The second kappa shape index (κ2) is 10.2. The van der Waals surface area contributed by atoms with Crippen LogP contribution in [0.1, 0.15) is 30.9 Å². The van der Waals surface area contributed by atoms with Crippen LogP contribution in [0.3, 0.4) is 0 Å². The Labute approximate surface area is 216 Å². The van der Waals surface area contributed by atoms with Gasteiger partial charge in [0.15, 0.2) is 5.01 Å². The maximum atomic E-state index is 13.1. The zero-order valence-corrected chi connectivity index (χ0v) is 21.5. The van der Waals surface area contributed by atoms with Gasteiger partial charge in [0.2, 0.25) is 0 Å². The molecule has 1 saturated heterocycles. The number of halogens is 1. The Morgan fingerprint density at radius 1 is 1.19 bits per heavy atom. The minimum atomic E-state index is -0.415. The van der Waals surface area contributed by atoms with Crippen molar-refractivity contribution in [1.82, 2.24) is 30.4 Å². The Hall–Kier alpha value is -2.99. The Morgan fingerprint density at radius 3 is 2.69 bits per heavy atom. The molecule has 4 heterocycles. The number of hydrogen-bond acceptors (Lipinski definition) is 8. The summed E-state index contributed by atoms with van der Waals surface area (Å²) in [6, 6.07) is 6.27. The number of rotatable bonds is 6. The summed E-state index contributed by atoms with van der Waals surface area (Å²) in [4.78, 5) is 50.9. The zero-order valence-electron chi connectivity index (χ0n) is 20.0. The third-order valence-electron chi connectivity index (χ3n) is 6.55. The molecule has 0 saturated carbocycles. The summed E-state index contributed by atoms with van der Waals surface area (Å²) < 4.78 is 4.80. The van der Waals surface area contributed by atoms with Crippen LogP contribution in [0, 0.1) is 0 Å². The highest BCUT2D eigenvalue weighted by Crippen LogP contribution is 2.25. The number of amides is 2. The fourth-order valence-corrected chi connectivity index (χ4v) is 5.95. The second-order valence-corrected chi connectivity index (χ2v) is 10.7. The Morgan fingerprint density at radius 2 is 1.94 bits per heavy atom. The number of benzene rings is 1. The third kappa shape index (κ3) is 5.24. The number of carbonyl (C=O) groups excluding carboxylic acids is 3. The van der Waals surface area contributed by atoms with Gasteiger partial charge in [-0.2, -0.15) is 0 Å². The lowest BCUT2D eigenvalue weighted by molar-refractivity contribution is -0.141. The van der Waals surface area contributed by atoms with Crippen molar-refractivity contribution in [3.8, 4) is 0 Å². The van der Waals surface area contributed by atoms with Crippen LogP contribution in [0.25, 0.3) is 10.9 Å². The number of methoxy groups -OCH3 is 1. The lowest BCUT2D eigenvalue weighted by Gasteiger charge is -2.20. The highest BCUT2D eigenvalue weighted by Gasteiger charge is 2.37. The summed E-state index contributed by atoms with van der Waals surface area (Å²) in [7, 11) is 3.38. The number of aromatic nitrogens is 2. The van der Waals surface area contributed by atoms with Crippen molar-refractivity contribution in [3.05, 3.63) is 50.6 Å². The number of nitrogens with zero attached hydrogens (tertiary/aromatic N) is 3. The molecule has 2 aliphatic rings. The molecule has 190 valence electrons. The van der Waals surface area contributed by atoms with Gasteiger partial charge in [0.05, 0.1) is 31.4 Å². The van der Waals surface area contributed by atoms with E-state index in [1.165, 1.54) is 18.4 Å². The number of nitrogens with one attached hydrogen (secondary N) is 3. The van der Waals surface area contributed by atoms with Gasteiger partial charge in [0.25, 0.3) is 11.8 Å². The van der Waals surface area contributed by atoms with E-state index in [2.05, 4.69) is 25.5 Å². The maximum Gasteiger partial charge on any atom is 0.319 e. The number of H-pyrrole nitrogens is 1. The largest absolute Gasteiger partial charge is 0.468 e. The number of esters is 1. The summed E-state index contributed by atoms with van der Waals surface area (Å²) in [6.45, 7) is 2.54. The van der Waals surface area contributed by atoms with Crippen molar-refractivity contribution >= 4 is 51.6 Å². The molecule has 0 aliphatic carbocycles. The molecule has 0 unspecified atom stereocenters. The van der Waals surface area contributed by atoms with E-state index in [4.69, 9.17) is 16.3 Å². The van der Waals surface area contributed by atoms with E-state index in [-0.39, 0.29) is 24.3 Å². The molecule has 36 heavy (non-hydrogen) atoms. The lowest BCUT2D eigenvalue weighted by Crippen LogP contribution is -2.51. The van der Waals surface area contributed by atoms with Gasteiger partial charge in [-0.25, -0.2) is 4.98 Å². The van der Waals surface area contributed by atoms with Crippen LogP contribution in [0.4, 0.5) is 0 Å². The minimum absolute atomic E-state index is 0.0675. The van der Waals surface area contributed by atoms with Gasteiger partial charge in [-0.15, -0.1) is 11.3 Å². The molecule has 2 aromatic heterocycles. The lowest BCUT2D eigenvalue weighted by atomic mass is 10.1. The van der Waals surface area contributed by atoms with Gasteiger partial charge in [-0.05, 0) is 31.3 Å². The first-order chi connectivity index (χ1) is 17.3. The highest BCUT2D eigenvalue weighted by molar-refractivity contribution is 7.13. The Kier molecular flexibility index (Phi) is 6.98. The molecule has 1 aromatic carbocycles. The van der Waals surface area contributed by atoms with E-state index in [0.29, 0.717) is 28.8 Å². The molecule has 12 heteroatoms. The Bertz CT molecular complexity index is 1320. The van der Waals surface area contributed by atoms with Crippen LogP contribution in [0.2, 0.25) is 5.02 Å². The number of aromatic amines is 1. The first kappa shape index (κ1) is 24.7. The van der Waals surface area contributed by atoms with Crippen LogP contribution in [0.15, 0.2) is 24.3 Å². The summed E-state index contributed by atoms with van der Waals surface area (Å²) in [6.07, 6.45) is 0.820. The standard InChI is InChI=1S/C24H27ClN6O4S/c1-30-6-5-16-20(11-30)36-24(29-16)23(34)28-19-10-31(12-21(32)35-2)9-18(19)27-22(33)17-8-13-7-14(25)3-4-15(13)26-17/h3-4,7-8,18-19,26H,5-6,9-12H2,1-2H3,(H,27,33)(H,28,34)/t18-,19-/m1/s1. The molecule has 3 aromatic rings. The third-order valence-corrected chi connectivity index (χ3v) is 7.87. The molecular weight excluding hydrogens is 504 g/mol. The molecular formula is C24H27ClN6O4S. The van der Waals surface area contributed by atoms with E-state index >= 15 is 0 Å². The van der Waals surface area contributed by atoms with E-state index in [1.54, 1.807) is 18.2 Å². The van der Waals surface area contributed by atoms with Gasteiger partial charge in [-0.3, -0.25) is 19.3 Å². The summed E-state index contributed by atoms with van der Waals surface area (Å²) in [5.74, 6) is -0.961. The summed E-state index contributed by atoms with van der Waals surface area (Å²) in [5.41, 5.74) is 2.16. The smallest absolute Gasteiger partial charge is 0.319 e. The quantitative estimate of drug-likeness (QED) is 0.414. The molecule has 2 aliphatic heterocycles. The van der Waals surface area contributed by atoms with Crippen molar-refractivity contribution in [1.29, 1.82) is 0 Å². The molecule has 10 nitrogen and oxygen atoms in total. The van der Waals surface area contributed by atoms with Gasteiger partial charge in [-0.1, -0.05) is 11.6 Å². The number of ether oxygens (including phenoxy) is 1. The van der Waals surface area contributed by atoms with Crippen LogP contribution in [-0.2, 0) is 22.5 Å². The molecule has 2 atom stereocenters. The number of carbonyl (C=O) groups is 3. The summed E-state index contributed by atoms with van der Waals surface area (Å²) in [5, 5.41) is 7.88. The van der Waals surface area contributed by atoms with Gasteiger partial charge >= 0.3 is 5.97 Å². The number of likely N-dealkylation sites (tertiary alicyclic amines) is 1. The van der Waals surface area contributed by atoms with Crippen molar-refractivity contribution in [3.63, 3.8) is 0 Å². The van der Waals surface area contributed by atoms with Crippen LogP contribution >= 0.6 is 22.9 Å². The van der Waals surface area contributed by atoms with Crippen molar-refractivity contribution in [2.24, 2.45) is 0 Å². The van der Waals surface area contributed by atoms with Gasteiger partial charge in [0.1, 0.15) is 5.69 Å². The van der Waals surface area contributed by atoms with E-state index in [1.807, 2.05) is 18.0 Å². The predicted octanol–water partition coefficient (Wildman–Crippen LogP) is 1.65. The fourth-order valence-electron chi connectivity index (χ4n) is 4.68. The van der Waals surface area contributed by atoms with E-state index < -0.39 is 12.1 Å².